The summed E-state index contributed by atoms with van der Waals surface area (Å²) in [6, 6.07) is 4.87. The van der Waals surface area contributed by atoms with Gasteiger partial charge in [-0.1, -0.05) is 6.07 Å². The first-order valence-corrected chi connectivity index (χ1v) is 7.68. The molecule has 2 aromatic rings. The molecule has 0 saturated heterocycles. The van der Waals surface area contributed by atoms with Crippen LogP contribution in [0.2, 0.25) is 0 Å². The Morgan fingerprint density at radius 1 is 1.56 bits per heavy atom. The molecule has 1 aromatic heterocycles. The summed E-state index contributed by atoms with van der Waals surface area (Å²) in [7, 11) is 0. The van der Waals surface area contributed by atoms with Gasteiger partial charge in [0, 0.05) is 10.3 Å². The van der Waals surface area contributed by atoms with Crippen LogP contribution in [-0.2, 0) is 0 Å². The zero-order chi connectivity index (χ0) is 13.1. The van der Waals surface area contributed by atoms with Crippen LogP contribution in [-0.4, -0.2) is 22.9 Å². The number of benzene rings is 1. The molecule has 2 rings (SSSR count). The number of Topliss-reactive ketones (excluding diaryl/α,β-unsaturated/α-hetero) is 1. The van der Waals surface area contributed by atoms with Crippen LogP contribution in [0, 0.1) is 5.82 Å². The van der Waals surface area contributed by atoms with Gasteiger partial charge >= 0.3 is 0 Å². The fourth-order valence-corrected chi connectivity index (χ4v) is 3.17. The summed E-state index contributed by atoms with van der Waals surface area (Å²) in [5.41, 5.74) is 0.740. The van der Waals surface area contributed by atoms with Crippen LogP contribution in [0.1, 0.15) is 10.5 Å². The van der Waals surface area contributed by atoms with E-state index in [9.17, 15) is 9.18 Å². The summed E-state index contributed by atoms with van der Waals surface area (Å²) in [5.74, 6) is -0.696. The Balaban J connectivity index is 2.49. The van der Waals surface area contributed by atoms with E-state index < -0.39 is 0 Å². The van der Waals surface area contributed by atoms with E-state index in [1.54, 1.807) is 11.4 Å². The van der Waals surface area contributed by atoms with E-state index in [0.29, 0.717) is 16.3 Å². The van der Waals surface area contributed by atoms with Crippen LogP contribution in [0.15, 0.2) is 28.5 Å². The number of hydrogen-bond donors (Lipinski definition) is 0. The van der Waals surface area contributed by atoms with Crippen molar-refractivity contribution >= 4 is 40.5 Å². The lowest BCUT2D eigenvalue weighted by molar-refractivity contribution is 0.101. The summed E-state index contributed by atoms with van der Waals surface area (Å²) >= 11 is 8.16. The number of aromatic nitrogens is 1. The lowest BCUT2D eigenvalue weighted by Gasteiger charge is -2.04. The normalized spacial score (nSPS) is 10.6. The van der Waals surface area contributed by atoms with Gasteiger partial charge in [0.15, 0.2) is 5.78 Å². The van der Waals surface area contributed by atoms with E-state index in [1.165, 1.54) is 29.2 Å². The highest BCUT2D eigenvalue weighted by atomic mass is 35.5. The molecule has 0 bridgehead atoms. The SMILES string of the molecule is CSc1cccc(F)c1-c1nc(C(=O)CCl)cs1. The highest BCUT2D eigenvalue weighted by Gasteiger charge is 2.16. The molecular weight excluding hydrogens is 293 g/mol. The van der Waals surface area contributed by atoms with Gasteiger partial charge in [0.25, 0.3) is 0 Å². The van der Waals surface area contributed by atoms with Crippen LogP contribution in [0.3, 0.4) is 0 Å². The summed E-state index contributed by atoms with van der Waals surface area (Å²) in [5, 5.41) is 2.11. The third-order valence-corrected chi connectivity index (χ3v) is 4.20. The molecule has 0 unspecified atom stereocenters. The molecular formula is C12H9ClFNOS2. The van der Waals surface area contributed by atoms with Crippen molar-refractivity contribution in [2.75, 3.05) is 12.1 Å². The number of thiazole rings is 1. The van der Waals surface area contributed by atoms with Crippen LogP contribution >= 0.6 is 34.7 Å². The third kappa shape index (κ3) is 2.58. The van der Waals surface area contributed by atoms with Crippen LogP contribution < -0.4 is 0 Å². The Bertz CT molecular complexity index is 585. The average Bonchev–Trinajstić information content (AvgIpc) is 2.86. The quantitative estimate of drug-likeness (QED) is 0.484. The molecule has 0 amide bonds. The topological polar surface area (TPSA) is 30.0 Å². The largest absolute Gasteiger partial charge is 0.291 e. The number of rotatable bonds is 4. The molecule has 1 heterocycles. The minimum Gasteiger partial charge on any atom is -0.291 e. The predicted molar refractivity (Wildman–Crippen MR) is 74.3 cm³/mol. The van der Waals surface area contributed by atoms with Gasteiger partial charge in [0.2, 0.25) is 0 Å². The maximum atomic E-state index is 13.9. The minimum atomic E-state index is -0.332. The van der Waals surface area contributed by atoms with E-state index in [-0.39, 0.29) is 17.5 Å². The molecule has 0 spiro atoms. The fourth-order valence-electron chi connectivity index (χ4n) is 1.47. The summed E-state index contributed by atoms with van der Waals surface area (Å²) in [6.45, 7) is 0. The summed E-state index contributed by atoms with van der Waals surface area (Å²) < 4.78 is 13.9. The second kappa shape index (κ2) is 5.82. The first kappa shape index (κ1) is 13.5. The van der Waals surface area contributed by atoms with Gasteiger partial charge in [-0.15, -0.1) is 34.7 Å². The Morgan fingerprint density at radius 2 is 2.33 bits per heavy atom. The van der Waals surface area contributed by atoms with E-state index in [2.05, 4.69) is 4.98 Å². The van der Waals surface area contributed by atoms with Crippen molar-refractivity contribution in [3.8, 4) is 10.6 Å². The molecule has 94 valence electrons. The number of hydrogen-bond acceptors (Lipinski definition) is 4. The van der Waals surface area contributed by atoms with E-state index >= 15 is 0 Å². The molecule has 0 fully saturated rings. The number of ketones is 1. The van der Waals surface area contributed by atoms with E-state index in [0.717, 1.165) is 4.90 Å². The molecule has 1 aromatic carbocycles. The Kier molecular flexibility index (Phi) is 4.37. The molecule has 0 atom stereocenters. The van der Waals surface area contributed by atoms with Crippen LogP contribution in [0.4, 0.5) is 4.39 Å². The standard InChI is InChI=1S/C12H9ClFNOS2/c1-17-10-4-2-3-7(14)11(10)12-15-8(6-18-12)9(16)5-13/h2-4,6H,5H2,1H3. The van der Waals surface area contributed by atoms with E-state index in [4.69, 9.17) is 11.6 Å². The number of carbonyl (C=O) groups is 1. The molecule has 0 saturated carbocycles. The Labute approximate surface area is 117 Å². The average molecular weight is 302 g/mol. The molecule has 0 aliphatic heterocycles. The van der Waals surface area contributed by atoms with Gasteiger partial charge in [-0.2, -0.15) is 0 Å². The zero-order valence-electron chi connectivity index (χ0n) is 9.44. The second-order valence-electron chi connectivity index (χ2n) is 3.41. The zero-order valence-corrected chi connectivity index (χ0v) is 11.8. The summed E-state index contributed by atoms with van der Waals surface area (Å²) in [6.07, 6.45) is 1.87. The number of thioether (sulfide) groups is 1. The number of nitrogens with zero attached hydrogens (tertiary/aromatic N) is 1. The Hall–Kier alpha value is -0.910. The van der Waals surface area contributed by atoms with E-state index in [1.807, 2.05) is 12.3 Å². The molecule has 18 heavy (non-hydrogen) atoms. The first-order valence-electron chi connectivity index (χ1n) is 5.05. The first-order chi connectivity index (χ1) is 8.67. The third-order valence-electron chi connectivity index (χ3n) is 2.32. The van der Waals surface area contributed by atoms with Crippen molar-refractivity contribution < 1.29 is 9.18 Å². The van der Waals surface area contributed by atoms with Crippen LogP contribution in [0.25, 0.3) is 10.6 Å². The molecule has 0 aliphatic rings. The second-order valence-corrected chi connectivity index (χ2v) is 5.39. The van der Waals surface area contributed by atoms with Crippen molar-refractivity contribution in [3.05, 3.63) is 35.1 Å². The summed E-state index contributed by atoms with van der Waals surface area (Å²) in [4.78, 5) is 16.4. The predicted octanol–water partition coefficient (Wildman–Crippen LogP) is 4.09. The van der Waals surface area contributed by atoms with Crippen molar-refractivity contribution in [1.82, 2.24) is 4.98 Å². The lowest BCUT2D eigenvalue weighted by atomic mass is 10.2. The van der Waals surface area contributed by atoms with Gasteiger partial charge in [-0.25, -0.2) is 9.37 Å². The van der Waals surface area contributed by atoms with Gasteiger partial charge < -0.3 is 0 Å². The smallest absolute Gasteiger partial charge is 0.196 e. The number of carbonyl (C=O) groups excluding carboxylic acids is 1. The highest BCUT2D eigenvalue weighted by molar-refractivity contribution is 7.98. The van der Waals surface area contributed by atoms with Gasteiger partial charge in [-0.05, 0) is 18.4 Å². The fraction of sp³-hybridized carbons (Fsp3) is 0.167. The Morgan fingerprint density at radius 3 is 3.00 bits per heavy atom. The van der Waals surface area contributed by atoms with Crippen LogP contribution in [0.5, 0.6) is 0 Å². The van der Waals surface area contributed by atoms with Gasteiger partial charge in [0.05, 0.1) is 11.4 Å². The number of alkyl halides is 1. The maximum Gasteiger partial charge on any atom is 0.196 e. The monoisotopic (exact) mass is 301 g/mol. The van der Waals surface area contributed by atoms with Gasteiger partial charge in [0.1, 0.15) is 16.5 Å². The molecule has 0 radical (unpaired) electrons. The molecule has 0 aliphatic carbocycles. The lowest BCUT2D eigenvalue weighted by Crippen LogP contribution is -2.00. The van der Waals surface area contributed by atoms with Crippen molar-refractivity contribution in [2.24, 2.45) is 0 Å². The van der Waals surface area contributed by atoms with Crippen molar-refractivity contribution in [2.45, 2.75) is 4.90 Å². The van der Waals surface area contributed by atoms with Crippen molar-refractivity contribution in [3.63, 3.8) is 0 Å². The molecule has 0 N–H and O–H groups in total. The number of halogens is 2. The highest BCUT2D eigenvalue weighted by Crippen LogP contribution is 2.34. The van der Waals surface area contributed by atoms with Gasteiger partial charge in [-0.3, -0.25) is 4.79 Å². The van der Waals surface area contributed by atoms with Crippen molar-refractivity contribution in [1.29, 1.82) is 0 Å². The molecule has 6 heteroatoms. The maximum absolute atomic E-state index is 13.9. The molecule has 2 nitrogen and oxygen atoms in total. The minimum absolute atomic E-state index is 0.115.